The van der Waals surface area contributed by atoms with Crippen molar-refractivity contribution in [1.82, 2.24) is 15.1 Å². The van der Waals surface area contributed by atoms with Crippen LogP contribution in [0.3, 0.4) is 0 Å². The van der Waals surface area contributed by atoms with Gasteiger partial charge in [0.25, 0.3) is 0 Å². The number of piperidine rings is 1. The van der Waals surface area contributed by atoms with E-state index in [1.165, 1.54) is 51.7 Å². The summed E-state index contributed by atoms with van der Waals surface area (Å²) in [7, 11) is 4.43. The van der Waals surface area contributed by atoms with E-state index in [4.69, 9.17) is 0 Å². The van der Waals surface area contributed by atoms with Gasteiger partial charge >= 0.3 is 0 Å². The van der Waals surface area contributed by atoms with Crippen molar-refractivity contribution < 1.29 is 0 Å². The van der Waals surface area contributed by atoms with Crippen molar-refractivity contribution in [3.05, 3.63) is 12.2 Å². The highest BCUT2D eigenvalue weighted by Crippen LogP contribution is 2.22. The summed E-state index contributed by atoms with van der Waals surface area (Å²) in [4.78, 5) is 5.07. The Morgan fingerprint density at radius 1 is 1.14 bits per heavy atom. The molecule has 0 spiro atoms. The molecule has 21 heavy (non-hydrogen) atoms. The fourth-order valence-electron chi connectivity index (χ4n) is 3.72. The highest BCUT2D eigenvalue weighted by molar-refractivity contribution is 4.92. The molecule has 0 aromatic heterocycles. The summed E-state index contributed by atoms with van der Waals surface area (Å²) < 4.78 is 0. The van der Waals surface area contributed by atoms with E-state index in [-0.39, 0.29) is 5.54 Å². The Balaban J connectivity index is 1.70. The number of rotatable bonds is 6. The minimum atomic E-state index is 0.280. The summed E-state index contributed by atoms with van der Waals surface area (Å²) in [5, 5.41) is 3.74. The maximum Gasteiger partial charge on any atom is 0.0277 e. The first-order valence-corrected chi connectivity index (χ1v) is 8.76. The van der Waals surface area contributed by atoms with Crippen LogP contribution in [0.25, 0.3) is 0 Å². The van der Waals surface area contributed by atoms with E-state index in [9.17, 15) is 0 Å². The molecule has 0 aromatic rings. The topological polar surface area (TPSA) is 18.5 Å². The zero-order valence-corrected chi connectivity index (χ0v) is 14.6. The second kappa shape index (κ2) is 7.75. The zero-order chi connectivity index (χ0) is 15.3. The third kappa shape index (κ3) is 5.08. The second-order valence-electron chi connectivity index (χ2n) is 7.78. The fraction of sp³-hybridized carbons (Fsp3) is 0.889. The van der Waals surface area contributed by atoms with Crippen molar-refractivity contribution in [3.63, 3.8) is 0 Å². The molecule has 0 amide bonds. The molecule has 0 aromatic carbocycles. The van der Waals surface area contributed by atoms with Crippen molar-refractivity contribution in [1.29, 1.82) is 0 Å². The molecule has 0 unspecified atom stereocenters. The zero-order valence-electron chi connectivity index (χ0n) is 14.6. The van der Waals surface area contributed by atoms with Crippen LogP contribution in [0, 0.1) is 5.92 Å². The lowest BCUT2D eigenvalue weighted by molar-refractivity contribution is 0.0612. The van der Waals surface area contributed by atoms with Crippen LogP contribution < -0.4 is 5.32 Å². The van der Waals surface area contributed by atoms with Gasteiger partial charge in [0.15, 0.2) is 0 Å². The predicted molar refractivity (Wildman–Crippen MR) is 91.7 cm³/mol. The monoisotopic (exact) mass is 293 g/mol. The Morgan fingerprint density at radius 2 is 1.86 bits per heavy atom. The van der Waals surface area contributed by atoms with Crippen molar-refractivity contribution in [3.8, 4) is 0 Å². The van der Waals surface area contributed by atoms with E-state index in [2.05, 4.69) is 55.2 Å². The van der Waals surface area contributed by atoms with Gasteiger partial charge in [0.2, 0.25) is 0 Å². The molecule has 1 aliphatic heterocycles. The van der Waals surface area contributed by atoms with Crippen LogP contribution in [0.4, 0.5) is 0 Å². The smallest absolute Gasteiger partial charge is 0.0277 e. The molecule has 1 heterocycles. The highest BCUT2D eigenvalue weighted by Gasteiger charge is 2.31. The van der Waals surface area contributed by atoms with Crippen LogP contribution in [0.15, 0.2) is 12.2 Å². The van der Waals surface area contributed by atoms with Crippen molar-refractivity contribution >= 4 is 0 Å². The van der Waals surface area contributed by atoms with Crippen LogP contribution in [-0.4, -0.2) is 61.7 Å². The number of nitrogens with zero attached hydrogens (tertiary/aromatic N) is 2. The third-order valence-corrected chi connectivity index (χ3v) is 5.42. The summed E-state index contributed by atoms with van der Waals surface area (Å²) >= 11 is 0. The van der Waals surface area contributed by atoms with Gasteiger partial charge in [-0.05, 0) is 72.5 Å². The number of nitrogens with one attached hydrogen (secondary N) is 1. The Labute approximate surface area is 131 Å². The normalized spacial score (nSPS) is 25.7. The number of hydrogen-bond acceptors (Lipinski definition) is 3. The summed E-state index contributed by atoms with van der Waals surface area (Å²) in [5.41, 5.74) is 0.280. The van der Waals surface area contributed by atoms with Crippen LogP contribution in [0.5, 0.6) is 0 Å². The third-order valence-electron chi connectivity index (χ3n) is 5.42. The molecule has 1 fully saturated rings. The van der Waals surface area contributed by atoms with Crippen LogP contribution in [-0.2, 0) is 0 Å². The summed E-state index contributed by atoms with van der Waals surface area (Å²) in [5.74, 6) is 0.852. The Morgan fingerprint density at radius 3 is 2.43 bits per heavy atom. The first kappa shape index (κ1) is 17.0. The van der Waals surface area contributed by atoms with Gasteiger partial charge in [0, 0.05) is 31.2 Å². The molecule has 3 nitrogen and oxygen atoms in total. The first-order valence-electron chi connectivity index (χ1n) is 8.76. The van der Waals surface area contributed by atoms with E-state index in [1.54, 1.807) is 0 Å². The molecule has 1 atom stereocenters. The lowest BCUT2D eigenvalue weighted by Crippen LogP contribution is -2.55. The van der Waals surface area contributed by atoms with Gasteiger partial charge in [-0.3, -0.25) is 4.90 Å². The molecule has 3 heteroatoms. The molecule has 0 saturated carbocycles. The maximum atomic E-state index is 3.74. The van der Waals surface area contributed by atoms with Crippen LogP contribution in [0.1, 0.15) is 46.0 Å². The van der Waals surface area contributed by atoms with Gasteiger partial charge in [-0.15, -0.1) is 0 Å². The molecule has 1 aliphatic carbocycles. The Bertz CT molecular complexity index is 327. The van der Waals surface area contributed by atoms with E-state index < -0.39 is 0 Å². The lowest BCUT2D eigenvalue weighted by Gasteiger charge is -2.44. The van der Waals surface area contributed by atoms with Crippen LogP contribution >= 0.6 is 0 Å². The lowest BCUT2D eigenvalue weighted by atomic mass is 9.93. The summed E-state index contributed by atoms with van der Waals surface area (Å²) in [6, 6.07) is 0.777. The highest BCUT2D eigenvalue weighted by atomic mass is 15.2. The van der Waals surface area contributed by atoms with Gasteiger partial charge in [-0.2, -0.15) is 0 Å². The van der Waals surface area contributed by atoms with Gasteiger partial charge in [0.05, 0.1) is 0 Å². The Kier molecular flexibility index (Phi) is 6.27. The molecular weight excluding hydrogens is 258 g/mol. The van der Waals surface area contributed by atoms with Gasteiger partial charge in [0.1, 0.15) is 0 Å². The van der Waals surface area contributed by atoms with Gasteiger partial charge in [-0.25, -0.2) is 0 Å². The Hall–Kier alpha value is -0.380. The van der Waals surface area contributed by atoms with Crippen molar-refractivity contribution in [2.45, 2.75) is 57.5 Å². The predicted octanol–water partition coefficient (Wildman–Crippen LogP) is 2.74. The van der Waals surface area contributed by atoms with Gasteiger partial charge < -0.3 is 10.2 Å². The first-order chi connectivity index (χ1) is 9.99. The molecule has 2 aliphatic rings. The van der Waals surface area contributed by atoms with E-state index in [0.717, 1.165) is 18.5 Å². The SMILES string of the molecule is CN(C)C1CCN(C(C)(C)CNC[C@H]2CC=CCC2)CC1. The summed E-state index contributed by atoms with van der Waals surface area (Å²) in [6.07, 6.45) is 11.2. The minimum absolute atomic E-state index is 0.280. The van der Waals surface area contributed by atoms with E-state index >= 15 is 0 Å². The largest absolute Gasteiger partial charge is 0.315 e. The number of hydrogen-bond donors (Lipinski definition) is 1. The molecular formula is C18H35N3. The minimum Gasteiger partial charge on any atom is -0.315 e. The van der Waals surface area contributed by atoms with Crippen LogP contribution in [0.2, 0.25) is 0 Å². The number of likely N-dealkylation sites (tertiary alicyclic amines) is 1. The average Bonchev–Trinajstić information content (AvgIpc) is 2.48. The van der Waals surface area contributed by atoms with E-state index in [0.29, 0.717) is 0 Å². The molecule has 0 bridgehead atoms. The molecule has 0 radical (unpaired) electrons. The maximum absolute atomic E-state index is 3.74. The quantitative estimate of drug-likeness (QED) is 0.760. The summed E-state index contributed by atoms with van der Waals surface area (Å²) in [6.45, 7) is 9.57. The standard InChI is InChI=1S/C18H35N3/c1-18(2,15-19-14-16-8-6-5-7-9-16)21-12-10-17(11-13-21)20(3)4/h5-6,16-17,19H,7-15H2,1-4H3/t16-/m0/s1. The molecule has 1 N–H and O–H groups in total. The second-order valence-corrected chi connectivity index (χ2v) is 7.78. The fourth-order valence-corrected chi connectivity index (χ4v) is 3.72. The van der Waals surface area contributed by atoms with Gasteiger partial charge in [-0.1, -0.05) is 12.2 Å². The number of allylic oxidation sites excluding steroid dienone is 2. The van der Waals surface area contributed by atoms with Crippen molar-refractivity contribution in [2.24, 2.45) is 5.92 Å². The van der Waals surface area contributed by atoms with E-state index in [1.807, 2.05) is 0 Å². The molecule has 1 saturated heterocycles. The molecule has 122 valence electrons. The average molecular weight is 293 g/mol. The molecule has 2 rings (SSSR count). The van der Waals surface area contributed by atoms with Crippen molar-refractivity contribution in [2.75, 3.05) is 40.3 Å².